The number of fused-ring (bicyclic) bond motifs is 1. The lowest BCUT2D eigenvalue weighted by Gasteiger charge is -2.36. The highest BCUT2D eigenvalue weighted by Crippen LogP contribution is 2.36. The van der Waals surface area contributed by atoms with Crippen molar-refractivity contribution in [2.45, 2.75) is 64.3 Å². The van der Waals surface area contributed by atoms with Gasteiger partial charge in [-0.3, -0.25) is 5.43 Å². The summed E-state index contributed by atoms with van der Waals surface area (Å²) in [7, 11) is 0. The molecule has 0 saturated heterocycles. The fourth-order valence-electron chi connectivity index (χ4n) is 3.95. The summed E-state index contributed by atoms with van der Waals surface area (Å²) < 4.78 is 0. The molecule has 0 saturated carbocycles. The molecule has 0 radical (unpaired) electrons. The van der Waals surface area contributed by atoms with Gasteiger partial charge < -0.3 is 10.2 Å². The summed E-state index contributed by atoms with van der Waals surface area (Å²) in [4.78, 5) is 1.42. The first-order chi connectivity index (χ1) is 13.2. The highest BCUT2D eigenvalue weighted by molar-refractivity contribution is 8.93. The summed E-state index contributed by atoms with van der Waals surface area (Å²) in [5.41, 5.74) is 5.78. The van der Waals surface area contributed by atoms with Gasteiger partial charge in [0.15, 0.2) is 11.5 Å². The molecule has 0 spiro atoms. The lowest BCUT2D eigenvalue weighted by Crippen LogP contribution is -2.49. The summed E-state index contributed by atoms with van der Waals surface area (Å²) in [6, 6.07) is 8.34. The first-order valence-corrected chi connectivity index (χ1v) is 11.1. The number of nitrogens with one attached hydrogen (secondary N) is 1. The van der Waals surface area contributed by atoms with Crippen LogP contribution in [0.3, 0.4) is 0 Å². The second-order valence-electron chi connectivity index (χ2n) is 7.46. The molecule has 0 aliphatic heterocycles. The quantitative estimate of drug-likeness (QED) is 0.199. The maximum Gasteiger partial charge on any atom is 0.160 e. The van der Waals surface area contributed by atoms with Crippen molar-refractivity contribution in [1.29, 1.82) is 0 Å². The Morgan fingerprint density at radius 1 is 1.14 bits per heavy atom. The third-order valence-corrected chi connectivity index (χ3v) is 6.44. The summed E-state index contributed by atoms with van der Waals surface area (Å²) in [6.07, 6.45) is 8.84. The van der Waals surface area contributed by atoms with Gasteiger partial charge in [0.1, 0.15) is 0 Å². The number of halogens is 2. The minimum Gasteiger partial charge on any atom is -0.504 e. The number of benzene rings is 1. The molecule has 1 heterocycles. The molecule has 0 amide bonds. The van der Waals surface area contributed by atoms with Gasteiger partial charge in [0.05, 0.1) is 0 Å². The Bertz CT molecular complexity index is 713. The number of phenols is 2. The van der Waals surface area contributed by atoms with E-state index in [1.807, 2.05) is 17.4 Å². The average molecular weight is 550 g/mol. The van der Waals surface area contributed by atoms with Gasteiger partial charge in [-0.1, -0.05) is 38.3 Å². The molecule has 7 heteroatoms. The Kier molecular flexibility index (Phi) is 12.4. The minimum atomic E-state index is -0.00213. The van der Waals surface area contributed by atoms with Crippen molar-refractivity contribution in [1.82, 2.24) is 10.4 Å². The number of aromatic hydroxyl groups is 2. The van der Waals surface area contributed by atoms with Crippen LogP contribution in [0.1, 0.15) is 55.0 Å². The highest BCUT2D eigenvalue weighted by atomic mass is 79.9. The first-order valence-electron chi connectivity index (χ1n) is 10.2. The molecule has 1 aromatic heterocycles. The molecular formula is C22H34Br2N2O2S. The predicted octanol–water partition coefficient (Wildman–Crippen LogP) is 5.80. The van der Waals surface area contributed by atoms with E-state index in [4.69, 9.17) is 0 Å². The van der Waals surface area contributed by atoms with Gasteiger partial charge in [0.25, 0.3) is 0 Å². The normalized spacial score (nSPS) is 15.4. The van der Waals surface area contributed by atoms with Gasteiger partial charge in [-0.05, 0) is 55.2 Å². The number of phenolic OH excluding ortho intramolecular Hbond substituents is 2. The van der Waals surface area contributed by atoms with Crippen molar-refractivity contribution in [2.24, 2.45) is 0 Å². The van der Waals surface area contributed by atoms with Crippen molar-refractivity contribution < 1.29 is 10.2 Å². The molecule has 1 aromatic carbocycles. The van der Waals surface area contributed by atoms with E-state index in [0.717, 1.165) is 44.3 Å². The second kappa shape index (κ2) is 13.7. The van der Waals surface area contributed by atoms with Crippen LogP contribution in [0.4, 0.5) is 0 Å². The number of unbranched alkanes of at least 4 members (excludes halogenated alkanes) is 3. The monoisotopic (exact) mass is 548 g/mol. The Morgan fingerprint density at radius 2 is 1.97 bits per heavy atom. The molecule has 0 fully saturated rings. The van der Waals surface area contributed by atoms with Crippen LogP contribution in [0.25, 0.3) is 0 Å². The minimum absolute atomic E-state index is 0. The maximum absolute atomic E-state index is 10.1. The van der Waals surface area contributed by atoms with E-state index in [9.17, 15) is 10.2 Å². The molecule has 0 bridgehead atoms. The van der Waals surface area contributed by atoms with E-state index in [0.29, 0.717) is 6.04 Å². The maximum atomic E-state index is 10.1. The van der Waals surface area contributed by atoms with Gasteiger partial charge in [-0.2, -0.15) is 0 Å². The van der Waals surface area contributed by atoms with Crippen molar-refractivity contribution in [2.75, 3.05) is 13.1 Å². The largest absolute Gasteiger partial charge is 0.504 e. The SMILES string of the molecule is Br.Br.CCCCCCN(NCCc1cccs1)C1CCc2c(ccc(O)c2O)C1. The van der Waals surface area contributed by atoms with Crippen molar-refractivity contribution in [3.05, 3.63) is 45.6 Å². The molecule has 2 aromatic rings. The smallest absolute Gasteiger partial charge is 0.160 e. The highest BCUT2D eigenvalue weighted by Gasteiger charge is 2.26. The molecule has 4 nitrogen and oxygen atoms in total. The van der Waals surface area contributed by atoms with Crippen LogP contribution < -0.4 is 5.43 Å². The summed E-state index contributed by atoms with van der Waals surface area (Å²) >= 11 is 1.82. The van der Waals surface area contributed by atoms with Gasteiger partial charge in [0, 0.05) is 29.6 Å². The van der Waals surface area contributed by atoms with Crippen molar-refractivity contribution in [3.8, 4) is 11.5 Å². The number of nitrogens with zero attached hydrogens (tertiary/aromatic N) is 1. The lowest BCUT2D eigenvalue weighted by atomic mass is 9.87. The van der Waals surface area contributed by atoms with Gasteiger partial charge in [-0.25, -0.2) is 5.01 Å². The first kappa shape index (κ1) is 26.4. The van der Waals surface area contributed by atoms with Gasteiger partial charge in [0.2, 0.25) is 0 Å². The van der Waals surface area contributed by atoms with E-state index in [1.165, 1.54) is 36.1 Å². The molecule has 1 atom stereocenters. The Morgan fingerprint density at radius 3 is 2.69 bits per heavy atom. The van der Waals surface area contributed by atoms with Crippen LogP contribution in [-0.2, 0) is 19.3 Å². The third-order valence-electron chi connectivity index (χ3n) is 5.50. The number of rotatable bonds is 10. The summed E-state index contributed by atoms with van der Waals surface area (Å²) in [5.74, 6) is 0.0730. The summed E-state index contributed by atoms with van der Waals surface area (Å²) in [5, 5.41) is 24.5. The number of hydrogen-bond acceptors (Lipinski definition) is 5. The van der Waals surface area contributed by atoms with Gasteiger partial charge in [-0.15, -0.1) is 45.3 Å². The molecular weight excluding hydrogens is 516 g/mol. The third kappa shape index (κ3) is 7.55. The zero-order valence-electron chi connectivity index (χ0n) is 17.1. The molecule has 3 N–H and O–H groups in total. The Balaban J connectivity index is 0.00000210. The van der Waals surface area contributed by atoms with E-state index < -0.39 is 0 Å². The van der Waals surface area contributed by atoms with Crippen molar-refractivity contribution >= 4 is 45.3 Å². The molecule has 1 aliphatic carbocycles. The summed E-state index contributed by atoms with van der Waals surface area (Å²) in [6.45, 7) is 4.27. The fraction of sp³-hybridized carbons (Fsp3) is 0.545. The average Bonchev–Trinajstić information content (AvgIpc) is 3.20. The van der Waals surface area contributed by atoms with Crippen molar-refractivity contribution in [3.63, 3.8) is 0 Å². The Hall–Kier alpha value is -0.600. The van der Waals surface area contributed by atoms with Crippen LogP contribution in [0.2, 0.25) is 0 Å². The number of hydrogen-bond donors (Lipinski definition) is 3. The molecule has 3 rings (SSSR count). The molecule has 1 unspecified atom stereocenters. The standard InChI is InChI=1S/C22H32N2O2S.2BrH/c1-2-3-4-5-14-24(23-13-12-19-7-6-15-27-19)18-9-10-20-17(16-18)8-11-21(25)22(20)26;;/h6-8,11,15,18,23,25-26H,2-5,9-10,12-14,16H2,1H3;2*1H. The van der Waals surface area contributed by atoms with Crippen LogP contribution in [0, 0.1) is 0 Å². The fourth-order valence-corrected chi connectivity index (χ4v) is 4.65. The van der Waals surface area contributed by atoms with E-state index in [1.54, 1.807) is 6.07 Å². The van der Waals surface area contributed by atoms with E-state index >= 15 is 0 Å². The van der Waals surface area contributed by atoms with Gasteiger partial charge >= 0.3 is 0 Å². The predicted molar refractivity (Wildman–Crippen MR) is 133 cm³/mol. The number of hydrazine groups is 1. The number of thiophene rings is 1. The molecule has 29 heavy (non-hydrogen) atoms. The molecule has 1 aliphatic rings. The van der Waals surface area contributed by atoms with E-state index in [-0.39, 0.29) is 45.5 Å². The topological polar surface area (TPSA) is 55.7 Å². The van der Waals surface area contributed by atoms with Crippen LogP contribution in [0.5, 0.6) is 11.5 Å². The zero-order valence-corrected chi connectivity index (χ0v) is 21.3. The van der Waals surface area contributed by atoms with E-state index in [2.05, 4.69) is 34.9 Å². The Labute approximate surface area is 199 Å². The lowest BCUT2D eigenvalue weighted by molar-refractivity contribution is 0.109. The van der Waals surface area contributed by atoms with Crippen LogP contribution in [0.15, 0.2) is 29.6 Å². The van der Waals surface area contributed by atoms with Crippen LogP contribution >= 0.6 is 45.3 Å². The zero-order chi connectivity index (χ0) is 19.1. The molecule has 164 valence electrons. The van der Waals surface area contributed by atoms with Crippen LogP contribution in [-0.4, -0.2) is 34.4 Å². The second-order valence-corrected chi connectivity index (χ2v) is 8.49.